The molecule has 0 saturated heterocycles. The molecule has 0 bridgehead atoms. The van der Waals surface area contributed by atoms with Gasteiger partial charge in [0.25, 0.3) is 0 Å². The maximum atomic E-state index is 6.77. The highest BCUT2D eigenvalue weighted by Gasteiger charge is 1.91. The van der Waals surface area contributed by atoms with Crippen molar-refractivity contribution in [3.63, 3.8) is 0 Å². The Morgan fingerprint density at radius 1 is 1.75 bits per heavy atom. The van der Waals surface area contributed by atoms with Gasteiger partial charge in [0.15, 0.2) is 0 Å². The zero-order valence-corrected chi connectivity index (χ0v) is 4.93. The maximum absolute atomic E-state index is 6.77. The minimum absolute atomic E-state index is 0.0631. The zero-order chi connectivity index (χ0) is 6.57. The molecule has 3 N–H and O–H groups in total. The van der Waals surface area contributed by atoms with Gasteiger partial charge in [0.1, 0.15) is 18.7 Å². The fourth-order valence-corrected chi connectivity index (χ4v) is 0.186. The molecule has 0 aliphatic carbocycles. The molecule has 0 aliphatic heterocycles. The van der Waals surface area contributed by atoms with Crippen molar-refractivity contribution < 1.29 is 4.84 Å². The monoisotopic (exact) mass is 115 g/mol. The first-order chi connectivity index (χ1) is 3.68. The molecule has 0 aromatic carbocycles. The predicted molar refractivity (Wildman–Crippen MR) is 32.0 cm³/mol. The first-order valence-corrected chi connectivity index (χ1v) is 2.10. The van der Waals surface area contributed by atoms with Crippen molar-refractivity contribution >= 4 is 11.5 Å². The van der Waals surface area contributed by atoms with Crippen LogP contribution in [0.25, 0.3) is 0 Å². The van der Waals surface area contributed by atoms with Crippen LogP contribution in [0.15, 0.2) is 5.16 Å². The van der Waals surface area contributed by atoms with Gasteiger partial charge >= 0.3 is 0 Å². The second-order valence-corrected chi connectivity index (χ2v) is 1.27. The number of hydrogen-bond donors (Lipinski definition) is 2. The third-order valence-electron chi connectivity index (χ3n) is 0.618. The number of nitrogens with one attached hydrogen (secondary N) is 1. The molecule has 0 unspecified atom stereocenters. The molecule has 0 atom stereocenters. The summed E-state index contributed by atoms with van der Waals surface area (Å²) < 4.78 is 0. The molecule has 0 rings (SSSR count). The number of rotatable bonds is 2. The average molecular weight is 115 g/mol. The van der Waals surface area contributed by atoms with Crippen LogP contribution < -0.4 is 5.73 Å². The molecular formula is C4H9N3O. The summed E-state index contributed by atoms with van der Waals surface area (Å²) in [4.78, 5) is 4.33. The van der Waals surface area contributed by atoms with Gasteiger partial charge in [0.05, 0.1) is 0 Å². The van der Waals surface area contributed by atoms with E-state index in [2.05, 4.69) is 9.99 Å². The predicted octanol–water partition coefficient (Wildman–Crippen LogP) is -0.0553. The van der Waals surface area contributed by atoms with Crippen LogP contribution in [0, 0.1) is 5.41 Å². The first-order valence-electron chi connectivity index (χ1n) is 2.10. The van der Waals surface area contributed by atoms with Crippen LogP contribution in [0.2, 0.25) is 0 Å². The van der Waals surface area contributed by atoms with Gasteiger partial charge in [-0.25, -0.2) is 0 Å². The molecule has 0 aromatic rings. The lowest BCUT2D eigenvalue weighted by Gasteiger charge is -1.91. The summed E-state index contributed by atoms with van der Waals surface area (Å²) in [5.74, 6) is -0.0631. The van der Waals surface area contributed by atoms with Gasteiger partial charge in [0.2, 0.25) is 0 Å². The molecule has 0 fully saturated rings. The number of nitrogens with two attached hydrogens (primary N) is 1. The minimum Gasteiger partial charge on any atom is -0.399 e. The normalized spacial score (nSPS) is 11.0. The van der Waals surface area contributed by atoms with Crippen LogP contribution in [-0.2, 0) is 4.84 Å². The Balaban J connectivity index is 3.80. The van der Waals surface area contributed by atoms with Gasteiger partial charge in [-0.15, -0.1) is 0 Å². The van der Waals surface area contributed by atoms with E-state index < -0.39 is 0 Å². The maximum Gasteiger partial charge on any atom is 0.140 e. The van der Waals surface area contributed by atoms with E-state index in [-0.39, 0.29) is 5.84 Å². The molecular weight excluding hydrogens is 106 g/mol. The lowest BCUT2D eigenvalue weighted by molar-refractivity contribution is 0.214. The van der Waals surface area contributed by atoms with Gasteiger partial charge in [-0.05, 0) is 6.92 Å². The summed E-state index contributed by atoms with van der Waals surface area (Å²) in [5.41, 5.74) is 5.39. The van der Waals surface area contributed by atoms with E-state index in [1.807, 2.05) is 0 Å². The lowest BCUT2D eigenvalue weighted by atomic mass is 10.4. The highest BCUT2D eigenvalue weighted by molar-refractivity contribution is 6.38. The summed E-state index contributed by atoms with van der Waals surface area (Å²) in [6, 6.07) is 0. The summed E-state index contributed by atoms with van der Waals surface area (Å²) in [6.45, 7) is 1.60. The SMILES string of the molecule is CO/N=C(/C)C(=N)N. The fourth-order valence-electron chi connectivity index (χ4n) is 0.186. The van der Waals surface area contributed by atoms with E-state index in [0.29, 0.717) is 5.71 Å². The van der Waals surface area contributed by atoms with Crippen molar-refractivity contribution in [1.29, 1.82) is 5.41 Å². The zero-order valence-electron chi connectivity index (χ0n) is 4.93. The lowest BCUT2D eigenvalue weighted by Crippen LogP contribution is -2.19. The minimum atomic E-state index is -0.0631. The molecule has 8 heavy (non-hydrogen) atoms. The number of amidine groups is 1. The number of oxime groups is 1. The van der Waals surface area contributed by atoms with Crippen molar-refractivity contribution in [2.75, 3.05) is 7.11 Å². The van der Waals surface area contributed by atoms with Crippen LogP contribution in [0.5, 0.6) is 0 Å². The molecule has 0 saturated carbocycles. The van der Waals surface area contributed by atoms with Crippen molar-refractivity contribution in [3.05, 3.63) is 0 Å². The molecule has 4 heteroatoms. The highest BCUT2D eigenvalue weighted by atomic mass is 16.6. The molecule has 46 valence electrons. The van der Waals surface area contributed by atoms with E-state index in [1.54, 1.807) is 6.92 Å². The molecule has 0 spiro atoms. The highest BCUT2D eigenvalue weighted by Crippen LogP contribution is 1.74. The van der Waals surface area contributed by atoms with Crippen molar-refractivity contribution in [2.24, 2.45) is 10.9 Å². The Bertz CT molecular complexity index is 118. The summed E-state index contributed by atoms with van der Waals surface area (Å²) in [7, 11) is 1.41. The molecule has 0 amide bonds. The van der Waals surface area contributed by atoms with Crippen LogP contribution in [0.4, 0.5) is 0 Å². The summed E-state index contributed by atoms with van der Waals surface area (Å²) >= 11 is 0. The molecule has 4 nitrogen and oxygen atoms in total. The third kappa shape index (κ3) is 2.17. The number of hydrogen-bond acceptors (Lipinski definition) is 3. The van der Waals surface area contributed by atoms with Crippen molar-refractivity contribution in [1.82, 2.24) is 0 Å². The van der Waals surface area contributed by atoms with E-state index in [1.165, 1.54) is 7.11 Å². The Labute approximate surface area is 47.8 Å². The van der Waals surface area contributed by atoms with E-state index in [4.69, 9.17) is 11.1 Å². The van der Waals surface area contributed by atoms with Gasteiger partial charge < -0.3 is 10.6 Å². The quantitative estimate of drug-likeness (QED) is 0.301. The topological polar surface area (TPSA) is 71.5 Å². The first kappa shape index (κ1) is 6.94. The average Bonchev–Trinajstić information content (AvgIpc) is 1.67. The Morgan fingerprint density at radius 3 is 2.38 bits per heavy atom. The Kier molecular flexibility index (Phi) is 2.61. The van der Waals surface area contributed by atoms with Crippen molar-refractivity contribution in [3.8, 4) is 0 Å². The van der Waals surface area contributed by atoms with Crippen LogP contribution in [-0.4, -0.2) is 18.7 Å². The summed E-state index contributed by atoms with van der Waals surface area (Å²) in [6.07, 6.45) is 0. The van der Waals surface area contributed by atoms with Gasteiger partial charge in [-0.3, -0.25) is 5.41 Å². The smallest absolute Gasteiger partial charge is 0.140 e. The van der Waals surface area contributed by atoms with Gasteiger partial charge in [-0.1, -0.05) is 5.16 Å². The van der Waals surface area contributed by atoms with E-state index in [9.17, 15) is 0 Å². The molecule has 0 aromatic heterocycles. The second-order valence-electron chi connectivity index (χ2n) is 1.27. The van der Waals surface area contributed by atoms with Crippen LogP contribution >= 0.6 is 0 Å². The fraction of sp³-hybridized carbons (Fsp3) is 0.500. The van der Waals surface area contributed by atoms with E-state index in [0.717, 1.165) is 0 Å². The standard InChI is InChI=1S/C4H9N3O/c1-3(4(5)6)7-8-2/h1-2H3,(H3,5,6)/b7-3-. The van der Waals surface area contributed by atoms with Gasteiger partial charge in [-0.2, -0.15) is 0 Å². The van der Waals surface area contributed by atoms with E-state index >= 15 is 0 Å². The molecule has 0 radical (unpaired) electrons. The summed E-state index contributed by atoms with van der Waals surface area (Å²) in [5, 5.41) is 10.2. The number of nitrogens with zero attached hydrogens (tertiary/aromatic N) is 1. The third-order valence-corrected chi connectivity index (χ3v) is 0.618. The van der Waals surface area contributed by atoms with Crippen LogP contribution in [0.1, 0.15) is 6.92 Å². The Morgan fingerprint density at radius 2 is 2.25 bits per heavy atom. The largest absolute Gasteiger partial charge is 0.399 e. The van der Waals surface area contributed by atoms with Gasteiger partial charge in [0, 0.05) is 0 Å². The van der Waals surface area contributed by atoms with Crippen molar-refractivity contribution in [2.45, 2.75) is 6.92 Å². The molecule has 0 heterocycles. The molecule has 0 aliphatic rings. The van der Waals surface area contributed by atoms with Crippen LogP contribution in [0.3, 0.4) is 0 Å². The second kappa shape index (κ2) is 3.01. The Hall–Kier alpha value is -1.06.